The Balaban J connectivity index is 2.10. The number of rotatable bonds is 5. The number of ether oxygens (including phenoxy) is 1. The van der Waals surface area contributed by atoms with Gasteiger partial charge in [-0.15, -0.1) is 11.3 Å². The molecule has 1 aromatic carbocycles. The molecule has 0 aliphatic rings. The van der Waals surface area contributed by atoms with Gasteiger partial charge in [0.25, 0.3) is 0 Å². The van der Waals surface area contributed by atoms with Crippen molar-refractivity contribution in [3.05, 3.63) is 44.3 Å². The van der Waals surface area contributed by atoms with Crippen LogP contribution in [0, 0.1) is 0 Å². The molecule has 0 spiro atoms. The Labute approximate surface area is 131 Å². The summed E-state index contributed by atoms with van der Waals surface area (Å²) in [5.41, 5.74) is 1.71. The van der Waals surface area contributed by atoms with Crippen molar-refractivity contribution in [3.63, 3.8) is 0 Å². The zero-order chi connectivity index (χ0) is 14.7. The number of benzene rings is 1. The number of hydrogen-bond donors (Lipinski definition) is 1. The minimum atomic E-state index is -0.566. The molecule has 20 heavy (non-hydrogen) atoms. The summed E-state index contributed by atoms with van der Waals surface area (Å²) in [5, 5.41) is 12.9. The van der Waals surface area contributed by atoms with Crippen LogP contribution in [0.25, 0.3) is 0 Å². The Hall–Kier alpha value is -0.910. The lowest BCUT2D eigenvalue weighted by molar-refractivity contribution is 0.189. The fourth-order valence-electron chi connectivity index (χ4n) is 1.78. The number of aliphatic hydroxyl groups excluding tert-OH is 1. The van der Waals surface area contributed by atoms with Crippen molar-refractivity contribution in [2.24, 2.45) is 0 Å². The molecule has 3 nitrogen and oxygen atoms in total. The van der Waals surface area contributed by atoms with Crippen molar-refractivity contribution in [3.8, 4) is 5.75 Å². The highest BCUT2D eigenvalue weighted by molar-refractivity contribution is 9.10. The molecule has 0 saturated carbocycles. The van der Waals surface area contributed by atoms with E-state index in [4.69, 9.17) is 4.74 Å². The van der Waals surface area contributed by atoms with E-state index in [1.807, 2.05) is 23.6 Å². The van der Waals surface area contributed by atoms with E-state index >= 15 is 0 Å². The first-order valence-electron chi connectivity index (χ1n) is 6.52. The summed E-state index contributed by atoms with van der Waals surface area (Å²) in [6.07, 6.45) is -0.566. The topological polar surface area (TPSA) is 42.4 Å². The van der Waals surface area contributed by atoms with Gasteiger partial charge >= 0.3 is 0 Å². The standard InChI is InChI=1S/C15H18BrNO2S/c1-9(2)15-17-12(8-20-15)7-19-14-5-4-11(16)6-13(14)10(3)18/h4-6,8-10,18H,7H2,1-3H3. The average molecular weight is 356 g/mol. The summed E-state index contributed by atoms with van der Waals surface area (Å²) in [4.78, 5) is 4.54. The lowest BCUT2D eigenvalue weighted by Crippen LogP contribution is -2.01. The van der Waals surface area contributed by atoms with Crippen LogP contribution in [0.15, 0.2) is 28.1 Å². The lowest BCUT2D eigenvalue weighted by Gasteiger charge is -2.13. The largest absolute Gasteiger partial charge is 0.487 e. The maximum atomic E-state index is 9.79. The van der Waals surface area contributed by atoms with Gasteiger partial charge in [-0.1, -0.05) is 29.8 Å². The summed E-state index contributed by atoms with van der Waals surface area (Å²) in [7, 11) is 0. The van der Waals surface area contributed by atoms with Crippen LogP contribution in [0.4, 0.5) is 0 Å². The van der Waals surface area contributed by atoms with Crippen molar-refractivity contribution in [1.82, 2.24) is 4.98 Å². The van der Waals surface area contributed by atoms with Gasteiger partial charge in [-0.05, 0) is 25.1 Å². The highest BCUT2D eigenvalue weighted by atomic mass is 79.9. The summed E-state index contributed by atoms with van der Waals surface area (Å²) < 4.78 is 6.72. The molecule has 1 N–H and O–H groups in total. The van der Waals surface area contributed by atoms with Gasteiger partial charge in [0, 0.05) is 21.3 Å². The normalized spacial score (nSPS) is 12.7. The summed E-state index contributed by atoms with van der Waals surface area (Å²) in [6.45, 7) is 6.41. The van der Waals surface area contributed by atoms with Gasteiger partial charge in [0.15, 0.2) is 0 Å². The number of aromatic nitrogens is 1. The molecule has 0 aliphatic heterocycles. The summed E-state index contributed by atoms with van der Waals surface area (Å²) in [6, 6.07) is 5.64. The SMILES string of the molecule is CC(C)c1nc(COc2ccc(Br)cc2C(C)O)cs1. The van der Waals surface area contributed by atoms with Gasteiger partial charge in [-0.3, -0.25) is 0 Å². The van der Waals surface area contributed by atoms with Crippen LogP contribution in [0.3, 0.4) is 0 Å². The van der Waals surface area contributed by atoms with Crippen LogP contribution < -0.4 is 4.74 Å². The predicted octanol–water partition coefficient (Wildman–Crippen LogP) is 4.66. The van der Waals surface area contributed by atoms with E-state index in [2.05, 4.69) is 34.8 Å². The van der Waals surface area contributed by atoms with Crippen LogP contribution in [0.5, 0.6) is 5.75 Å². The van der Waals surface area contributed by atoms with Crippen molar-refractivity contribution in [2.45, 2.75) is 39.4 Å². The first-order chi connectivity index (χ1) is 9.47. The Morgan fingerprint density at radius 1 is 1.35 bits per heavy atom. The number of nitrogens with zero attached hydrogens (tertiary/aromatic N) is 1. The highest BCUT2D eigenvalue weighted by Crippen LogP contribution is 2.29. The minimum absolute atomic E-state index is 0.421. The molecule has 0 amide bonds. The molecule has 1 unspecified atom stereocenters. The third kappa shape index (κ3) is 3.81. The monoisotopic (exact) mass is 355 g/mol. The molecular weight excluding hydrogens is 338 g/mol. The highest BCUT2D eigenvalue weighted by Gasteiger charge is 2.11. The maximum Gasteiger partial charge on any atom is 0.131 e. The van der Waals surface area contributed by atoms with Crippen LogP contribution in [-0.4, -0.2) is 10.1 Å². The molecule has 0 radical (unpaired) electrons. The molecule has 5 heteroatoms. The van der Waals surface area contributed by atoms with E-state index in [-0.39, 0.29) is 0 Å². The van der Waals surface area contributed by atoms with Crippen LogP contribution in [-0.2, 0) is 6.61 Å². The molecule has 1 atom stereocenters. The van der Waals surface area contributed by atoms with Crippen molar-refractivity contribution in [2.75, 3.05) is 0 Å². The Kier molecular flexibility index (Phi) is 5.18. The number of aliphatic hydroxyl groups is 1. The van der Waals surface area contributed by atoms with Crippen LogP contribution >= 0.6 is 27.3 Å². The van der Waals surface area contributed by atoms with E-state index in [1.165, 1.54) is 0 Å². The number of thiazole rings is 1. The van der Waals surface area contributed by atoms with Gasteiger partial charge in [0.2, 0.25) is 0 Å². The zero-order valence-electron chi connectivity index (χ0n) is 11.8. The lowest BCUT2D eigenvalue weighted by atomic mass is 10.1. The van der Waals surface area contributed by atoms with E-state index in [0.717, 1.165) is 20.7 Å². The third-order valence-electron chi connectivity index (χ3n) is 2.86. The van der Waals surface area contributed by atoms with Gasteiger partial charge in [0.1, 0.15) is 12.4 Å². The molecular formula is C15H18BrNO2S. The fourth-order valence-corrected chi connectivity index (χ4v) is 2.98. The predicted molar refractivity (Wildman–Crippen MR) is 85.3 cm³/mol. The number of halogens is 1. The van der Waals surface area contributed by atoms with Gasteiger partial charge < -0.3 is 9.84 Å². The summed E-state index contributed by atoms with van der Waals surface area (Å²) >= 11 is 5.06. The average Bonchev–Trinajstić information content (AvgIpc) is 2.86. The summed E-state index contributed by atoms with van der Waals surface area (Å²) in [5.74, 6) is 1.14. The van der Waals surface area contributed by atoms with Gasteiger partial charge in [-0.2, -0.15) is 0 Å². The van der Waals surface area contributed by atoms with E-state index in [1.54, 1.807) is 18.3 Å². The second kappa shape index (κ2) is 6.70. The molecule has 1 heterocycles. The molecule has 0 bridgehead atoms. The second-order valence-electron chi connectivity index (χ2n) is 4.98. The van der Waals surface area contributed by atoms with Gasteiger partial charge in [-0.25, -0.2) is 4.98 Å². The Bertz CT molecular complexity index is 581. The second-order valence-corrected chi connectivity index (χ2v) is 6.78. The molecule has 0 fully saturated rings. The van der Waals surface area contributed by atoms with E-state index < -0.39 is 6.10 Å². The maximum absolute atomic E-state index is 9.79. The molecule has 0 aliphatic carbocycles. The van der Waals surface area contributed by atoms with Crippen molar-refractivity contribution >= 4 is 27.3 Å². The first-order valence-corrected chi connectivity index (χ1v) is 8.19. The third-order valence-corrected chi connectivity index (χ3v) is 4.55. The van der Waals surface area contributed by atoms with E-state index in [0.29, 0.717) is 18.3 Å². The molecule has 0 saturated heterocycles. The minimum Gasteiger partial charge on any atom is -0.487 e. The van der Waals surface area contributed by atoms with Crippen molar-refractivity contribution < 1.29 is 9.84 Å². The quantitative estimate of drug-likeness (QED) is 0.847. The smallest absolute Gasteiger partial charge is 0.131 e. The molecule has 108 valence electrons. The van der Waals surface area contributed by atoms with Crippen LogP contribution in [0.2, 0.25) is 0 Å². The Morgan fingerprint density at radius 3 is 2.70 bits per heavy atom. The van der Waals surface area contributed by atoms with Crippen molar-refractivity contribution in [1.29, 1.82) is 0 Å². The molecule has 2 rings (SSSR count). The molecule has 2 aromatic rings. The van der Waals surface area contributed by atoms with Gasteiger partial charge in [0.05, 0.1) is 16.8 Å². The number of hydrogen-bond acceptors (Lipinski definition) is 4. The Morgan fingerprint density at radius 2 is 2.10 bits per heavy atom. The first kappa shape index (κ1) is 15.5. The zero-order valence-corrected chi connectivity index (χ0v) is 14.2. The van der Waals surface area contributed by atoms with E-state index in [9.17, 15) is 5.11 Å². The fraction of sp³-hybridized carbons (Fsp3) is 0.400. The van der Waals surface area contributed by atoms with Crippen LogP contribution in [0.1, 0.15) is 49.1 Å². The molecule has 1 aromatic heterocycles.